The molecule has 0 saturated heterocycles. The van der Waals surface area contributed by atoms with Crippen molar-refractivity contribution in [1.82, 2.24) is 19.9 Å². The number of aromatic nitrogens is 3. The van der Waals surface area contributed by atoms with E-state index in [9.17, 15) is 0 Å². The van der Waals surface area contributed by atoms with E-state index in [1.54, 1.807) is 0 Å². The highest BCUT2D eigenvalue weighted by Gasteiger charge is 2.19. The minimum absolute atomic E-state index is 0.412. The molecular weight excluding hydrogens is 224 g/mol. The summed E-state index contributed by atoms with van der Waals surface area (Å²) >= 11 is 0. The van der Waals surface area contributed by atoms with Gasteiger partial charge in [0.1, 0.15) is 0 Å². The van der Waals surface area contributed by atoms with Crippen LogP contribution in [0.15, 0.2) is 24.7 Å². The summed E-state index contributed by atoms with van der Waals surface area (Å²) in [4.78, 5) is 9.11. The van der Waals surface area contributed by atoms with Crippen LogP contribution in [0.3, 0.4) is 0 Å². The number of hydrogen-bond acceptors (Lipinski definition) is 3. The van der Waals surface area contributed by atoms with Crippen LogP contribution in [0.25, 0.3) is 11.3 Å². The van der Waals surface area contributed by atoms with Gasteiger partial charge in [-0.1, -0.05) is 13.8 Å². The van der Waals surface area contributed by atoms with Crippen molar-refractivity contribution in [2.75, 3.05) is 6.54 Å². The average Bonchev–Trinajstić information content (AvgIpc) is 2.82. The Morgan fingerprint density at radius 2 is 2.22 bits per heavy atom. The van der Waals surface area contributed by atoms with Crippen LogP contribution in [-0.4, -0.2) is 21.1 Å². The topological polar surface area (TPSA) is 42.7 Å². The quantitative estimate of drug-likeness (QED) is 0.877. The molecule has 18 heavy (non-hydrogen) atoms. The molecule has 0 aliphatic carbocycles. The van der Waals surface area contributed by atoms with Crippen molar-refractivity contribution in [3.63, 3.8) is 0 Å². The third-order valence-electron chi connectivity index (χ3n) is 3.41. The van der Waals surface area contributed by atoms with Crippen LogP contribution in [0.1, 0.15) is 31.2 Å². The van der Waals surface area contributed by atoms with E-state index < -0.39 is 0 Å². The molecule has 3 rings (SSSR count). The van der Waals surface area contributed by atoms with Crippen molar-refractivity contribution < 1.29 is 0 Å². The van der Waals surface area contributed by atoms with Crippen LogP contribution in [0.4, 0.5) is 0 Å². The molecule has 4 heteroatoms. The Kier molecular flexibility index (Phi) is 2.88. The van der Waals surface area contributed by atoms with Gasteiger partial charge in [-0.3, -0.25) is 4.98 Å². The lowest BCUT2D eigenvalue weighted by atomic mass is 10.00. The summed E-state index contributed by atoms with van der Waals surface area (Å²) in [6.07, 6.45) is 3.81. The van der Waals surface area contributed by atoms with Crippen molar-refractivity contribution in [3.8, 4) is 11.3 Å². The molecule has 0 bridgehead atoms. The van der Waals surface area contributed by atoms with Gasteiger partial charge < -0.3 is 9.88 Å². The van der Waals surface area contributed by atoms with Gasteiger partial charge >= 0.3 is 0 Å². The highest BCUT2D eigenvalue weighted by atomic mass is 15.1. The first kappa shape index (κ1) is 11.4. The van der Waals surface area contributed by atoms with Crippen LogP contribution < -0.4 is 5.32 Å². The van der Waals surface area contributed by atoms with Gasteiger partial charge in [-0.25, -0.2) is 4.98 Å². The molecule has 0 spiro atoms. The number of nitrogens with zero attached hydrogens (tertiary/aromatic N) is 3. The summed E-state index contributed by atoms with van der Waals surface area (Å²) in [6, 6.07) is 4.11. The van der Waals surface area contributed by atoms with Gasteiger partial charge in [0.05, 0.1) is 23.4 Å². The summed E-state index contributed by atoms with van der Waals surface area (Å²) in [5.41, 5.74) is 4.66. The minimum Gasteiger partial charge on any atom is -0.332 e. The number of rotatable bonds is 2. The highest BCUT2D eigenvalue weighted by Crippen LogP contribution is 2.29. The Labute approximate surface area is 107 Å². The molecule has 2 aromatic heterocycles. The van der Waals surface area contributed by atoms with Gasteiger partial charge in [-0.2, -0.15) is 0 Å². The lowest BCUT2D eigenvalue weighted by Gasteiger charge is -2.17. The van der Waals surface area contributed by atoms with E-state index in [2.05, 4.69) is 39.8 Å². The lowest BCUT2D eigenvalue weighted by Crippen LogP contribution is -2.27. The second kappa shape index (κ2) is 4.53. The highest BCUT2D eigenvalue weighted by molar-refractivity contribution is 5.65. The molecule has 94 valence electrons. The van der Waals surface area contributed by atoms with E-state index in [4.69, 9.17) is 0 Å². The SMILES string of the molecule is CC(C)c1ncccc1-c1ncn2c1CNCC2. The van der Waals surface area contributed by atoms with Crippen LogP contribution >= 0.6 is 0 Å². The van der Waals surface area contributed by atoms with E-state index in [-0.39, 0.29) is 0 Å². The van der Waals surface area contributed by atoms with Gasteiger partial charge in [0.2, 0.25) is 0 Å². The minimum atomic E-state index is 0.412. The number of hydrogen-bond donors (Lipinski definition) is 1. The molecule has 2 aromatic rings. The fourth-order valence-electron chi connectivity index (χ4n) is 2.49. The van der Waals surface area contributed by atoms with Crippen LogP contribution in [0.5, 0.6) is 0 Å². The summed E-state index contributed by atoms with van der Waals surface area (Å²) in [5, 5.41) is 3.40. The lowest BCUT2D eigenvalue weighted by molar-refractivity contribution is 0.517. The van der Waals surface area contributed by atoms with Crippen molar-refractivity contribution in [2.24, 2.45) is 0 Å². The van der Waals surface area contributed by atoms with E-state index in [1.807, 2.05) is 18.6 Å². The first-order valence-electron chi connectivity index (χ1n) is 6.47. The first-order chi connectivity index (χ1) is 8.77. The molecule has 0 unspecified atom stereocenters. The van der Waals surface area contributed by atoms with Gasteiger partial charge in [-0.05, 0) is 18.1 Å². The second-order valence-corrected chi connectivity index (χ2v) is 5.00. The van der Waals surface area contributed by atoms with Crippen LogP contribution in [0.2, 0.25) is 0 Å². The molecule has 1 aliphatic heterocycles. The van der Waals surface area contributed by atoms with Gasteiger partial charge in [0.25, 0.3) is 0 Å². The monoisotopic (exact) mass is 242 g/mol. The zero-order chi connectivity index (χ0) is 12.5. The third kappa shape index (κ3) is 1.82. The molecule has 0 atom stereocenters. The number of nitrogens with one attached hydrogen (secondary N) is 1. The molecule has 4 nitrogen and oxygen atoms in total. The van der Waals surface area contributed by atoms with Crippen LogP contribution in [0, 0.1) is 0 Å². The van der Waals surface area contributed by atoms with Crippen molar-refractivity contribution in [2.45, 2.75) is 32.9 Å². The largest absolute Gasteiger partial charge is 0.332 e. The average molecular weight is 242 g/mol. The Balaban J connectivity index is 2.13. The van der Waals surface area contributed by atoms with E-state index in [1.165, 1.54) is 11.3 Å². The zero-order valence-electron chi connectivity index (χ0n) is 10.8. The smallest absolute Gasteiger partial charge is 0.0956 e. The molecule has 1 aliphatic rings. The Morgan fingerprint density at radius 3 is 3.06 bits per heavy atom. The molecular formula is C14H18N4. The predicted octanol–water partition coefficient (Wildman–Crippen LogP) is 2.17. The maximum atomic E-state index is 4.59. The Hall–Kier alpha value is -1.68. The fourth-order valence-corrected chi connectivity index (χ4v) is 2.49. The number of imidazole rings is 1. The summed E-state index contributed by atoms with van der Waals surface area (Å²) < 4.78 is 2.24. The number of fused-ring (bicyclic) bond motifs is 1. The molecule has 0 aromatic carbocycles. The second-order valence-electron chi connectivity index (χ2n) is 5.00. The molecule has 1 N–H and O–H groups in total. The zero-order valence-corrected chi connectivity index (χ0v) is 10.8. The number of pyridine rings is 1. The van der Waals surface area contributed by atoms with Crippen molar-refractivity contribution in [3.05, 3.63) is 36.0 Å². The summed E-state index contributed by atoms with van der Waals surface area (Å²) in [6.45, 7) is 7.26. The van der Waals surface area contributed by atoms with E-state index >= 15 is 0 Å². The Morgan fingerprint density at radius 1 is 1.33 bits per heavy atom. The molecule has 0 radical (unpaired) electrons. The van der Waals surface area contributed by atoms with Crippen molar-refractivity contribution >= 4 is 0 Å². The summed E-state index contributed by atoms with van der Waals surface area (Å²) in [5.74, 6) is 0.412. The fraction of sp³-hybridized carbons (Fsp3) is 0.429. The first-order valence-corrected chi connectivity index (χ1v) is 6.47. The van der Waals surface area contributed by atoms with E-state index in [0.717, 1.165) is 31.0 Å². The van der Waals surface area contributed by atoms with Crippen molar-refractivity contribution in [1.29, 1.82) is 0 Å². The molecule has 0 fully saturated rings. The predicted molar refractivity (Wildman–Crippen MR) is 71.3 cm³/mol. The standard InChI is InChI=1S/C14H18N4/c1-10(2)13-11(4-3-5-16-13)14-12-8-15-6-7-18(12)9-17-14/h3-5,9-10,15H,6-8H2,1-2H3. The van der Waals surface area contributed by atoms with E-state index in [0.29, 0.717) is 5.92 Å². The molecule has 0 saturated carbocycles. The van der Waals surface area contributed by atoms with Gasteiger partial charge in [0.15, 0.2) is 0 Å². The Bertz CT molecular complexity index is 557. The molecule has 0 amide bonds. The maximum Gasteiger partial charge on any atom is 0.0956 e. The molecule has 3 heterocycles. The normalized spacial score (nSPS) is 14.8. The summed E-state index contributed by atoms with van der Waals surface area (Å²) in [7, 11) is 0. The van der Waals surface area contributed by atoms with Gasteiger partial charge in [0, 0.05) is 31.4 Å². The van der Waals surface area contributed by atoms with Gasteiger partial charge in [-0.15, -0.1) is 0 Å². The van der Waals surface area contributed by atoms with Crippen LogP contribution in [-0.2, 0) is 13.1 Å². The third-order valence-corrected chi connectivity index (χ3v) is 3.41. The maximum absolute atomic E-state index is 4.59.